The summed E-state index contributed by atoms with van der Waals surface area (Å²) in [7, 11) is 0. The fourth-order valence-electron chi connectivity index (χ4n) is 2.94. The molecular weight excluding hydrogens is 452 g/mol. The van der Waals surface area contributed by atoms with E-state index in [4.69, 9.17) is 0 Å². The van der Waals surface area contributed by atoms with Crippen LogP contribution >= 0.6 is 11.3 Å². The Morgan fingerprint density at radius 2 is 1.26 bits per heavy atom. The Balaban J connectivity index is 0.00000408. The molecule has 0 spiro atoms. The van der Waals surface area contributed by atoms with E-state index in [0.29, 0.717) is 40.5 Å². The van der Waals surface area contributed by atoms with E-state index in [0.717, 1.165) is 14.4 Å². The Kier molecular flexibility index (Phi) is 9.51. The summed E-state index contributed by atoms with van der Waals surface area (Å²) in [4.78, 5) is 25.1. The normalized spacial score (nSPS) is 11.5. The van der Waals surface area contributed by atoms with Crippen LogP contribution in [0.4, 0.5) is 11.4 Å². The number of thiophene rings is 1. The largest absolute Gasteiger partial charge is 0.618 e. The highest BCUT2D eigenvalue weighted by molar-refractivity contribution is 7.15. The second kappa shape index (κ2) is 12.3. The van der Waals surface area contributed by atoms with E-state index in [1.807, 2.05) is 13.8 Å². The molecule has 3 N–H and O–H groups in total. The first kappa shape index (κ1) is 26.3. The van der Waals surface area contributed by atoms with Crippen LogP contribution in [-0.2, 0) is 0 Å². The molecule has 0 aliphatic carbocycles. The van der Waals surface area contributed by atoms with Crippen LogP contribution in [0.3, 0.4) is 0 Å². The van der Waals surface area contributed by atoms with E-state index in [2.05, 4.69) is 10.6 Å². The number of carbonyl (C=O) groups excluding carboxylic acids is 2. The van der Waals surface area contributed by atoms with Gasteiger partial charge in [0.2, 0.25) is 11.9 Å². The summed E-state index contributed by atoms with van der Waals surface area (Å²) in [6.07, 6.45) is 2.96. The van der Waals surface area contributed by atoms with Crippen LogP contribution in [0.1, 0.15) is 51.7 Å². The maximum Gasteiger partial charge on any atom is 0.257 e. The Hall–Kier alpha value is -3.98. The van der Waals surface area contributed by atoms with E-state index < -0.39 is 0 Å². The Bertz CT molecular complexity index is 1090. The summed E-state index contributed by atoms with van der Waals surface area (Å²) in [5.74, 6) is -0.353. The average molecular weight is 482 g/mol. The van der Waals surface area contributed by atoms with Gasteiger partial charge < -0.3 is 15.8 Å². The molecule has 3 aromatic rings. The molecule has 0 saturated heterocycles. The van der Waals surface area contributed by atoms with Crippen molar-refractivity contribution in [3.8, 4) is 0 Å². The zero-order chi connectivity index (χ0) is 23.8. The predicted molar refractivity (Wildman–Crippen MR) is 135 cm³/mol. The lowest BCUT2D eigenvalue weighted by molar-refractivity contribution is -0.709. The number of rotatable bonds is 8. The minimum absolute atomic E-state index is 0. The van der Waals surface area contributed by atoms with Crippen molar-refractivity contribution in [3.05, 3.63) is 86.8 Å². The van der Waals surface area contributed by atoms with Crippen molar-refractivity contribution in [1.82, 2.24) is 10.6 Å². The van der Waals surface area contributed by atoms with Crippen molar-refractivity contribution in [3.63, 3.8) is 0 Å². The molecule has 0 atom stereocenters. The number of hydrogen-bond acceptors (Lipinski definition) is 5. The predicted octanol–water partition coefficient (Wildman–Crippen LogP) is 4.30. The van der Waals surface area contributed by atoms with E-state index in [9.17, 15) is 20.0 Å². The van der Waals surface area contributed by atoms with Crippen molar-refractivity contribution in [1.29, 1.82) is 0 Å². The maximum atomic E-state index is 12.5. The highest BCUT2D eigenvalue weighted by Crippen LogP contribution is 2.18. The summed E-state index contributed by atoms with van der Waals surface area (Å²) < 4.78 is 1.69. The number of benzene rings is 2. The molecule has 178 valence electrons. The second-order valence-electron chi connectivity index (χ2n) is 6.98. The fourth-order valence-corrected chi connectivity index (χ4v) is 3.79. The first-order valence-electron chi connectivity index (χ1n) is 10.4. The van der Waals surface area contributed by atoms with E-state index >= 15 is 0 Å². The van der Waals surface area contributed by atoms with E-state index in [1.54, 1.807) is 60.7 Å². The van der Waals surface area contributed by atoms with Crippen LogP contribution in [0.25, 0.3) is 0 Å². The SMILES string of the molecule is C.CCNC(=O)c1ccc(/[N+]([O-])=C\c2ccc(/C=[N+](/O)c3ccc(C(=O)NCC)cc3)s2)cc1. The van der Waals surface area contributed by atoms with Crippen LogP contribution < -0.4 is 10.6 Å². The molecule has 0 fully saturated rings. The lowest BCUT2D eigenvalue weighted by Gasteiger charge is -2.04. The maximum absolute atomic E-state index is 12.5. The smallest absolute Gasteiger partial charge is 0.257 e. The van der Waals surface area contributed by atoms with Gasteiger partial charge in [-0.2, -0.15) is 4.74 Å². The molecule has 1 heterocycles. The summed E-state index contributed by atoms with van der Waals surface area (Å²) in [6, 6.07) is 16.5. The standard InChI is InChI=1S/C24H24N4O4S.CH4/c1-3-25-23(29)17-5-9-19(10-6-17)27(31)15-21-13-14-22(33-21)16-28(32)20-11-7-18(8-12-20)24(30)26-4-2;/h5-16H,3-4H2,1-2H3,(H2-,25,26,29,30,31);1H4/p+1. The average Bonchev–Trinajstić information content (AvgIpc) is 3.26. The molecule has 0 unspecified atom stereocenters. The topological polar surface area (TPSA) is 108 Å². The van der Waals surface area contributed by atoms with Crippen molar-refractivity contribution in [2.24, 2.45) is 0 Å². The molecule has 0 aliphatic rings. The van der Waals surface area contributed by atoms with Crippen LogP contribution in [-0.4, -0.2) is 52.0 Å². The van der Waals surface area contributed by atoms with Crippen LogP contribution in [0.15, 0.2) is 60.7 Å². The fraction of sp³-hybridized carbons (Fsp3) is 0.200. The minimum atomic E-state index is -0.184. The molecule has 1 aromatic heterocycles. The number of nitrogens with zero attached hydrogens (tertiary/aromatic N) is 2. The van der Waals surface area contributed by atoms with Crippen LogP contribution in [0, 0.1) is 5.21 Å². The molecule has 0 bridgehead atoms. The second-order valence-corrected chi connectivity index (χ2v) is 8.13. The lowest BCUT2D eigenvalue weighted by Crippen LogP contribution is -2.22. The van der Waals surface area contributed by atoms with Gasteiger partial charge in [-0.05, 0) is 50.2 Å². The third-order valence-electron chi connectivity index (χ3n) is 4.59. The van der Waals surface area contributed by atoms with Crippen molar-refractivity contribution in [2.45, 2.75) is 21.3 Å². The monoisotopic (exact) mass is 481 g/mol. The molecule has 8 nitrogen and oxygen atoms in total. The van der Waals surface area contributed by atoms with Crippen molar-refractivity contribution in [2.75, 3.05) is 13.1 Å². The van der Waals surface area contributed by atoms with Crippen LogP contribution in [0.2, 0.25) is 0 Å². The highest BCUT2D eigenvalue weighted by Gasteiger charge is 2.12. The molecule has 34 heavy (non-hydrogen) atoms. The molecule has 9 heteroatoms. The van der Waals surface area contributed by atoms with E-state index in [-0.39, 0.29) is 19.2 Å². The van der Waals surface area contributed by atoms with Gasteiger partial charge >= 0.3 is 0 Å². The third-order valence-corrected chi connectivity index (χ3v) is 5.55. The third kappa shape index (κ3) is 6.76. The quantitative estimate of drug-likeness (QED) is 0.147. The lowest BCUT2D eigenvalue weighted by atomic mass is 10.2. The molecular formula is C25H29N4O4S+. The Morgan fingerprint density at radius 1 is 0.824 bits per heavy atom. The first-order chi connectivity index (χ1) is 15.9. The van der Waals surface area contributed by atoms with Gasteiger partial charge in [0.15, 0.2) is 6.21 Å². The van der Waals surface area contributed by atoms with E-state index in [1.165, 1.54) is 23.8 Å². The minimum Gasteiger partial charge on any atom is -0.618 e. The molecule has 2 aromatic carbocycles. The zero-order valence-corrected chi connectivity index (χ0v) is 19.1. The van der Waals surface area contributed by atoms with Gasteiger partial charge in [0, 0.05) is 53.2 Å². The van der Waals surface area contributed by atoms with Crippen molar-refractivity contribution < 1.29 is 24.3 Å². The Morgan fingerprint density at radius 3 is 1.74 bits per heavy atom. The zero-order valence-electron chi connectivity index (χ0n) is 18.3. The summed E-state index contributed by atoms with van der Waals surface area (Å²) >= 11 is 1.33. The number of amides is 2. The van der Waals surface area contributed by atoms with Gasteiger partial charge in [0.05, 0.1) is 9.75 Å². The van der Waals surface area contributed by atoms with Gasteiger partial charge in [-0.15, -0.1) is 11.3 Å². The summed E-state index contributed by atoms with van der Waals surface area (Å²) in [6.45, 7) is 4.76. The van der Waals surface area contributed by atoms with Gasteiger partial charge in [0.25, 0.3) is 17.5 Å². The molecule has 0 radical (unpaired) electrons. The van der Waals surface area contributed by atoms with Gasteiger partial charge in [-0.1, -0.05) is 7.43 Å². The Labute approximate surface area is 203 Å². The number of hydrogen-bond donors (Lipinski definition) is 3. The molecule has 3 rings (SSSR count). The summed E-state index contributed by atoms with van der Waals surface area (Å²) in [5.41, 5.74) is 1.90. The number of carbonyl (C=O) groups is 2. The highest BCUT2D eigenvalue weighted by atomic mass is 32.1. The number of nitrogens with one attached hydrogen (secondary N) is 2. The van der Waals surface area contributed by atoms with Crippen molar-refractivity contribution >= 4 is 47.0 Å². The molecule has 2 amide bonds. The van der Waals surface area contributed by atoms with Crippen LogP contribution in [0.5, 0.6) is 0 Å². The first-order valence-corrected chi connectivity index (χ1v) is 11.2. The van der Waals surface area contributed by atoms with Gasteiger partial charge in [-0.3, -0.25) is 14.8 Å². The summed E-state index contributed by atoms with van der Waals surface area (Å²) in [5, 5.41) is 28.3. The van der Waals surface area contributed by atoms with Gasteiger partial charge in [-0.25, -0.2) is 0 Å². The van der Waals surface area contributed by atoms with Gasteiger partial charge in [0.1, 0.15) is 0 Å². The molecule has 0 saturated carbocycles. The molecule has 0 aliphatic heterocycles.